The van der Waals surface area contributed by atoms with Crippen LogP contribution in [0.25, 0.3) is 0 Å². The van der Waals surface area contributed by atoms with Gasteiger partial charge in [-0.25, -0.2) is 0 Å². The smallest absolute Gasteiger partial charge is 0.0174 e. The van der Waals surface area contributed by atoms with Crippen LogP contribution in [0, 0.1) is 5.92 Å². The molecule has 1 unspecified atom stereocenters. The molecule has 1 rings (SSSR count). The van der Waals surface area contributed by atoms with Crippen LogP contribution in [0.1, 0.15) is 77.6 Å². The van der Waals surface area contributed by atoms with Crippen molar-refractivity contribution in [2.45, 2.75) is 82.4 Å². The molecular weight excluding hydrogens is 248 g/mol. The predicted octanol–water partition coefficient (Wildman–Crippen LogP) is 5.69. The Morgan fingerprint density at radius 2 is 1.47 bits per heavy atom. The van der Waals surface area contributed by atoms with Crippen LogP contribution in [0.5, 0.6) is 0 Å². The van der Waals surface area contributed by atoms with Crippen LogP contribution in [0.4, 0.5) is 0 Å². The Kier molecular flexibility index (Phi) is 7.78. The molecule has 1 saturated carbocycles. The van der Waals surface area contributed by atoms with Gasteiger partial charge in [0.25, 0.3) is 0 Å². The monoisotopic (exact) mass is 274 g/mol. The summed E-state index contributed by atoms with van der Waals surface area (Å²) in [5, 5.41) is 0. The number of unbranched alkanes of at least 4 members (excludes halogenated alkanes) is 7. The summed E-state index contributed by atoms with van der Waals surface area (Å²) in [6.07, 6.45) is 15.9. The van der Waals surface area contributed by atoms with Crippen molar-refractivity contribution < 1.29 is 0 Å². The highest BCUT2D eigenvalue weighted by Gasteiger charge is 2.28. The first-order valence-electron chi connectivity index (χ1n) is 6.98. The average Bonchev–Trinajstić information content (AvgIpc) is 3.05. The Balaban J connectivity index is 1.72. The van der Waals surface area contributed by atoms with Crippen LogP contribution in [0.15, 0.2) is 0 Å². The molecule has 1 heteroatoms. The quantitative estimate of drug-likeness (QED) is 0.355. The van der Waals surface area contributed by atoms with Gasteiger partial charge in [-0.2, -0.15) is 0 Å². The third-order valence-corrected chi connectivity index (χ3v) is 4.67. The van der Waals surface area contributed by atoms with Gasteiger partial charge in [0, 0.05) is 4.83 Å². The van der Waals surface area contributed by atoms with Crippen molar-refractivity contribution in [2.75, 3.05) is 0 Å². The first kappa shape index (κ1) is 13.5. The molecule has 1 fully saturated rings. The van der Waals surface area contributed by atoms with Gasteiger partial charge >= 0.3 is 0 Å². The Morgan fingerprint density at radius 1 is 0.933 bits per heavy atom. The summed E-state index contributed by atoms with van der Waals surface area (Å²) < 4.78 is 0. The van der Waals surface area contributed by atoms with Gasteiger partial charge in [0.15, 0.2) is 0 Å². The number of rotatable bonds is 10. The molecular formula is C14H27Br. The molecule has 1 atom stereocenters. The van der Waals surface area contributed by atoms with Crippen molar-refractivity contribution in [1.29, 1.82) is 0 Å². The molecule has 0 N–H and O–H groups in total. The molecule has 0 aliphatic heterocycles. The van der Waals surface area contributed by atoms with Gasteiger partial charge in [-0.3, -0.25) is 0 Å². The second-order valence-corrected chi connectivity index (χ2v) is 6.29. The van der Waals surface area contributed by atoms with Crippen LogP contribution in [0.3, 0.4) is 0 Å². The first-order chi connectivity index (χ1) is 7.34. The summed E-state index contributed by atoms with van der Waals surface area (Å²) in [6, 6.07) is 0. The van der Waals surface area contributed by atoms with Crippen LogP contribution >= 0.6 is 15.9 Å². The van der Waals surface area contributed by atoms with Crippen LogP contribution in [-0.2, 0) is 0 Å². The summed E-state index contributed by atoms with van der Waals surface area (Å²) >= 11 is 3.81. The molecule has 0 radical (unpaired) electrons. The molecule has 0 spiro atoms. The van der Waals surface area contributed by atoms with E-state index in [1.54, 1.807) is 0 Å². The van der Waals surface area contributed by atoms with E-state index in [0.717, 1.165) is 10.7 Å². The third kappa shape index (κ3) is 7.38. The maximum Gasteiger partial charge on any atom is 0.0174 e. The van der Waals surface area contributed by atoms with E-state index in [-0.39, 0.29) is 0 Å². The van der Waals surface area contributed by atoms with Gasteiger partial charge in [0.05, 0.1) is 0 Å². The summed E-state index contributed by atoms with van der Waals surface area (Å²) in [7, 11) is 0. The van der Waals surface area contributed by atoms with E-state index in [4.69, 9.17) is 0 Å². The molecule has 90 valence electrons. The van der Waals surface area contributed by atoms with Crippen LogP contribution in [-0.4, -0.2) is 4.83 Å². The fraction of sp³-hybridized carbons (Fsp3) is 1.00. The molecule has 0 aromatic rings. The molecule has 1 aliphatic rings. The highest BCUT2D eigenvalue weighted by Crippen LogP contribution is 2.38. The third-order valence-electron chi connectivity index (χ3n) is 3.47. The summed E-state index contributed by atoms with van der Waals surface area (Å²) in [5.74, 6) is 1.04. The number of alkyl halides is 1. The molecule has 0 bridgehead atoms. The Morgan fingerprint density at radius 3 is 2.00 bits per heavy atom. The van der Waals surface area contributed by atoms with Gasteiger partial charge in [-0.05, 0) is 25.2 Å². The number of hydrogen-bond donors (Lipinski definition) is 0. The molecule has 0 saturated heterocycles. The van der Waals surface area contributed by atoms with E-state index in [9.17, 15) is 0 Å². The topological polar surface area (TPSA) is 0 Å². The Labute approximate surface area is 104 Å². The van der Waals surface area contributed by atoms with E-state index in [2.05, 4.69) is 22.9 Å². The molecule has 0 nitrogen and oxygen atoms in total. The minimum atomic E-state index is 0.845. The SMILES string of the molecule is CCCCCCCCCCC(Br)C1CC1. The van der Waals surface area contributed by atoms with E-state index in [1.165, 1.54) is 70.6 Å². The van der Waals surface area contributed by atoms with E-state index in [0.29, 0.717) is 0 Å². The van der Waals surface area contributed by atoms with E-state index in [1.807, 2.05) is 0 Å². The summed E-state index contributed by atoms with van der Waals surface area (Å²) in [4.78, 5) is 0.845. The molecule has 0 aromatic heterocycles. The number of halogens is 1. The zero-order valence-corrected chi connectivity index (χ0v) is 11.9. The molecule has 0 amide bonds. The standard InChI is InChI=1S/C14H27Br/c1-2-3-4-5-6-7-8-9-10-14(15)13-11-12-13/h13-14H,2-12H2,1H3. The normalized spacial score (nSPS) is 18.0. The fourth-order valence-corrected chi connectivity index (χ4v) is 3.02. The van der Waals surface area contributed by atoms with Crippen molar-refractivity contribution in [3.63, 3.8) is 0 Å². The predicted molar refractivity (Wildman–Crippen MR) is 72.7 cm³/mol. The van der Waals surface area contributed by atoms with Gasteiger partial charge in [-0.15, -0.1) is 0 Å². The first-order valence-corrected chi connectivity index (χ1v) is 7.90. The lowest BCUT2D eigenvalue weighted by molar-refractivity contribution is 0.553. The molecule has 0 heterocycles. The lowest BCUT2D eigenvalue weighted by Gasteiger charge is -2.07. The second kappa shape index (κ2) is 8.61. The lowest BCUT2D eigenvalue weighted by Crippen LogP contribution is -1.99. The Bertz CT molecular complexity index is 140. The van der Waals surface area contributed by atoms with Crippen LogP contribution in [0.2, 0.25) is 0 Å². The number of hydrogen-bond acceptors (Lipinski definition) is 0. The Hall–Kier alpha value is 0.480. The average molecular weight is 275 g/mol. The molecule has 1 aliphatic carbocycles. The maximum atomic E-state index is 3.81. The zero-order chi connectivity index (χ0) is 10.9. The van der Waals surface area contributed by atoms with Crippen molar-refractivity contribution in [3.8, 4) is 0 Å². The second-order valence-electron chi connectivity index (χ2n) is 5.12. The highest BCUT2D eigenvalue weighted by atomic mass is 79.9. The molecule has 15 heavy (non-hydrogen) atoms. The van der Waals surface area contributed by atoms with Gasteiger partial charge in [0.2, 0.25) is 0 Å². The van der Waals surface area contributed by atoms with E-state index >= 15 is 0 Å². The maximum absolute atomic E-state index is 3.81. The lowest BCUT2D eigenvalue weighted by atomic mass is 10.1. The van der Waals surface area contributed by atoms with Gasteiger partial charge in [0.1, 0.15) is 0 Å². The van der Waals surface area contributed by atoms with Crippen molar-refractivity contribution >= 4 is 15.9 Å². The fourth-order valence-electron chi connectivity index (χ4n) is 2.17. The molecule has 0 aromatic carbocycles. The zero-order valence-electron chi connectivity index (χ0n) is 10.3. The summed E-state index contributed by atoms with van der Waals surface area (Å²) in [6.45, 7) is 2.29. The minimum absolute atomic E-state index is 0.845. The minimum Gasteiger partial charge on any atom is -0.0888 e. The van der Waals surface area contributed by atoms with E-state index < -0.39 is 0 Å². The largest absolute Gasteiger partial charge is 0.0888 e. The van der Waals surface area contributed by atoms with Crippen molar-refractivity contribution in [2.24, 2.45) is 5.92 Å². The van der Waals surface area contributed by atoms with Gasteiger partial charge < -0.3 is 0 Å². The van der Waals surface area contributed by atoms with Crippen molar-refractivity contribution in [1.82, 2.24) is 0 Å². The van der Waals surface area contributed by atoms with Gasteiger partial charge in [-0.1, -0.05) is 74.2 Å². The van der Waals surface area contributed by atoms with Crippen LogP contribution < -0.4 is 0 Å². The highest BCUT2D eigenvalue weighted by molar-refractivity contribution is 9.09. The summed E-state index contributed by atoms with van der Waals surface area (Å²) in [5.41, 5.74) is 0. The van der Waals surface area contributed by atoms with Crippen molar-refractivity contribution in [3.05, 3.63) is 0 Å².